The molecule has 156 valence electrons. The van der Waals surface area contributed by atoms with Gasteiger partial charge in [0.25, 0.3) is 0 Å². The summed E-state index contributed by atoms with van der Waals surface area (Å²) >= 11 is 1.90. The van der Waals surface area contributed by atoms with Crippen LogP contribution in [0.2, 0.25) is 0 Å². The summed E-state index contributed by atoms with van der Waals surface area (Å²) in [6, 6.07) is 12.5. The molecule has 0 amide bonds. The Balaban J connectivity index is 0.00000392. The van der Waals surface area contributed by atoms with E-state index in [1.807, 2.05) is 30.9 Å². The second-order valence-corrected chi connectivity index (χ2v) is 7.56. The zero-order chi connectivity index (χ0) is 19.3. The van der Waals surface area contributed by atoms with Crippen molar-refractivity contribution in [2.24, 2.45) is 4.99 Å². The van der Waals surface area contributed by atoms with Crippen LogP contribution < -0.4 is 10.6 Å². The number of hydrogen-bond donors (Lipinski definition) is 2. The second-order valence-electron chi connectivity index (χ2n) is 6.57. The van der Waals surface area contributed by atoms with Crippen molar-refractivity contribution in [2.45, 2.75) is 32.5 Å². The highest BCUT2D eigenvalue weighted by Gasteiger charge is 2.08. The van der Waals surface area contributed by atoms with Gasteiger partial charge in [-0.2, -0.15) is 11.8 Å². The van der Waals surface area contributed by atoms with Crippen molar-refractivity contribution in [3.63, 3.8) is 0 Å². The summed E-state index contributed by atoms with van der Waals surface area (Å²) in [6.45, 7) is 3.39. The SMILES string of the molecule is CN=C(NCCCCSC)NCc1ccccc1CN(C)Cc1ccco1.I. The summed E-state index contributed by atoms with van der Waals surface area (Å²) < 4.78 is 5.45. The van der Waals surface area contributed by atoms with Crippen LogP contribution in [0.25, 0.3) is 0 Å². The molecule has 0 saturated heterocycles. The number of thioether (sulfide) groups is 1. The normalized spacial score (nSPS) is 11.4. The van der Waals surface area contributed by atoms with E-state index in [-0.39, 0.29) is 24.0 Å². The lowest BCUT2D eigenvalue weighted by molar-refractivity contribution is 0.287. The van der Waals surface area contributed by atoms with Gasteiger partial charge >= 0.3 is 0 Å². The number of rotatable bonds is 11. The van der Waals surface area contributed by atoms with Gasteiger partial charge < -0.3 is 15.1 Å². The Morgan fingerprint density at radius 1 is 1.07 bits per heavy atom. The van der Waals surface area contributed by atoms with Crippen LogP contribution in [0, 0.1) is 0 Å². The molecule has 0 aliphatic heterocycles. The fourth-order valence-electron chi connectivity index (χ4n) is 2.88. The first kappa shape index (κ1) is 24.8. The van der Waals surface area contributed by atoms with Crippen molar-refractivity contribution < 1.29 is 4.42 Å². The minimum Gasteiger partial charge on any atom is -0.468 e. The zero-order valence-corrected chi connectivity index (χ0v) is 20.3. The van der Waals surface area contributed by atoms with Crippen molar-refractivity contribution in [3.8, 4) is 0 Å². The largest absolute Gasteiger partial charge is 0.468 e. The topological polar surface area (TPSA) is 52.8 Å². The third-order valence-corrected chi connectivity index (χ3v) is 5.00. The van der Waals surface area contributed by atoms with Crippen LogP contribution in [0.3, 0.4) is 0 Å². The number of unbranched alkanes of at least 4 members (excludes halogenated alkanes) is 1. The monoisotopic (exact) mass is 516 g/mol. The number of halogens is 1. The van der Waals surface area contributed by atoms with E-state index in [0.717, 1.165) is 44.3 Å². The van der Waals surface area contributed by atoms with E-state index in [9.17, 15) is 0 Å². The van der Waals surface area contributed by atoms with Gasteiger partial charge in [0, 0.05) is 26.7 Å². The van der Waals surface area contributed by atoms with E-state index in [1.54, 1.807) is 6.26 Å². The van der Waals surface area contributed by atoms with Gasteiger partial charge in [-0.1, -0.05) is 24.3 Å². The van der Waals surface area contributed by atoms with Crippen molar-refractivity contribution in [1.82, 2.24) is 15.5 Å². The smallest absolute Gasteiger partial charge is 0.191 e. The third kappa shape index (κ3) is 9.34. The first-order chi connectivity index (χ1) is 13.2. The van der Waals surface area contributed by atoms with Crippen molar-refractivity contribution in [3.05, 3.63) is 59.5 Å². The lowest BCUT2D eigenvalue weighted by Gasteiger charge is -2.19. The highest BCUT2D eigenvalue weighted by molar-refractivity contribution is 14.0. The molecule has 1 heterocycles. The number of furan rings is 1. The highest BCUT2D eigenvalue weighted by Crippen LogP contribution is 2.13. The number of aliphatic imine (C=N–C) groups is 1. The number of nitrogens with one attached hydrogen (secondary N) is 2. The van der Waals surface area contributed by atoms with Crippen LogP contribution in [0.15, 0.2) is 52.1 Å². The average molecular weight is 516 g/mol. The quantitative estimate of drug-likeness (QED) is 0.202. The van der Waals surface area contributed by atoms with E-state index < -0.39 is 0 Å². The van der Waals surface area contributed by atoms with E-state index in [2.05, 4.69) is 58.1 Å². The predicted molar refractivity (Wildman–Crippen MR) is 132 cm³/mol. The Morgan fingerprint density at radius 3 is 2.54 bits per heavy atom. The molecule has 0 aliphatic rings. The van der Waals surface area contributed by atoms with Gasteiger partial charge in [-0.05, 0) is 55.2 Å². The molecule has 2 N–H and O–H groups in total. The molecule has 0 unspecified atom stereocenters. The fraction of sp³-hybridized carbons (Fsp3) is 0.476. The molecule has 7 heteroatoms. The van der Waals surface area contributed by atoms with Crippen molar-refractivity contribution in [1.29, 1.82) is 0 Å². The van der Waals surface area contributed by atoms with Gasteiger partial charge in [0.1, 0.15) is 5.76 Å². The second kappa shape index (κ2) is 14.8. The molecule has 5 nitrogen and oxygen atoms in total. The van der Waals surface area contributed by atoms with Gasteiger partial charge in [0.2, 0.25) is 0 Å². The van der Waals surface area contributed by atoms with E-state index in [1.165, 1.54) is 23.3 Å². The molecule has 0 spiro atoms. The molecular weight excluding hydrogens is 483 g/mol. The summed E-state index contributed by atoms with van der Waals surface area (Å²) in [4.78, 5) is 6.59. The Labute approximate surface area is 190 Å². The molecule has 0 radical (unpaired) electrons. The summed E-state index contributed by atoms with van der Waals surface area (Å²) in [5, 5.41) is 6.83. The van der Waals surface area contributed by atoms with Gasteiger partial charge in [-0.25, -0.2) is 0 Å². The first-order valence-electron chi connectivity index (χ1n) is 9.44. The summed E-state index contributed by atoms with van der Waals surface area (Å²) in [7, 11) is 3.93. The van der Waals surface area contributed by atoms with Crippen molar-refractivity contribution >= 4 is 41.7 Å². The van der Waals surface area contributed by atoms with E-state index in [0.29, 0.717) is 0 Å². The number of guanidine groups is 1. The van der Waals surface area contributed by atoms with E-state index in [4.69, 9.17) is 4.42 Å². The molecule has 2 rings (SSSR count). The Kier molecular flexibility index (Phi) is 13.1. The van der Waals surface area contributed by atoms with Crippen LogP contribution in [0.1, 0.15) is 29.7 Å². The molecule has 0 fully saturated rings. The number of hydrogen-bond acceptors (Lipinski definition) is 4. The van der Waals surface area contributed by atoms with Crippen molar-refractivity contribution in [2.75, 3.05) is 32.6 Å². The third-order valence-electron chi connectivity index (χ3n) is 4.30. The molecule has 0 aliphatic carbocycles. The predicted octanol–water partition coefficient (Wildman–Crippen LogP) is 4.34. The molecule has 0 bridgehead atoms. The molecular formula is C21H33IN4OS. The van der Waals surface area contributed by atoms with Gasteiger partial charge in [0.15, 0.2) is 5.96 Å². The molecule has 28 heavy (non-hydrogen) atoms. The standard InChI is InChI=1S/C21H32N4OS.HI/c1-22-21(23-12-6-7-14-27-3)24-15-18-9-4-5-10-19(18)16-25(2)17-20-11-8-13-26-20;/h4-5,8-11,13H,6-7,12,14-17H2,1-3H3,(H2,22,23,24);1H. The van der Waals surface area contributed by atoms with Gasteiger partial charge in [-0.15, -0.1) is 24.0 Å². The molecule has 1 aromatic heterocycles. The minimum atomic E-state index is 0. The van der Waals surface area contributed by atoms with Gasteiger partial charge in [0.05, 0.1) is 12.8 Å². The Morgan fingerprint density at radius 2 is 1.86 bits per heavy atom. The van der Waals surface area contributed by atoms with Crippen LogP contribution >= 0.6 is 35.7 Å². The molecule has 2 aromatic rings. The molecule has 0 saturated carbocycles. The lowest BCUT2D eigenvalue weighted by atomic mass is 10.1. The molecule has 0 atom stereocenters. The highest BCUT2D eigenvalue weighted by atomic mass is 127. The van der Waals surface area contributed by atoms with Crippen LogP contribution in [0.4, 0.5) is 0 Å². The Bertz CT molecular complexity index is 679. The maximum absolute atomic E-state index is 5.45. The summed E-state index contributed by atoms with van der Waals surface area (Å²) in [5.74, 6) is 3.06. The zero-order valence-electron chi connectivity index (χ0n) is 17.1. The van der Waals surface area contributed by atoms with Crippen LogP contribution in [-0.4, -0.2) is 43.5 Å². The van der Waals surface area contributed by atoms with Crippen LogP contribution in [0.5, 0.6) is 0 Å². The maximum Gasteiger partial charge on any atom is 0.191 e. The first-order valence-corrected chi connectivity index (χ1v) is 10.8. The fourth-order valence-corrected chi connectivity index (χ4v) is 3.37. The Hall–Kier alpha value is -1.19. The summed E-state index contributed by atoms with van der Waals surface area (Å²) in [6.07, 6.45) is 6.27. The van der Waals surface area contributed by atoms with Gasteiger partial charge in [-0.3, -0.25) is 9.89 Å². The summed E-state index contributed by atoms with van der Waals surface area (Å²) in [5.41, 5.74) is 2.60. The lowest BCUT2D eigenvalue weighted by Crippen LogP contribution is -2.37. The minimum absolute atomic E-state index is 0. The number of benzene rings is 1. The maximum atomic E-state index is 5.45. The van der Waals surface area contributed by atoms with E-state index >= 15 is 0 Å². The molecule has 1 aromatic carbocycles. The average Bonchev–Trinajstić information content (AvgIpc) is 3.18. The number of nitrogens with zero attached hydrogens (tertiary/aromatic N) is 2. The van der Waals surface area contributed by atoms with Crippen LogP contribution in [-0.2, 0) is 19.6 Å².